The van der Waals surface area contributed by atoms with Gasteiger partial charge in [-0.25, -0.2) is 4.68 Å². The van der Waals surface area contributed by atoms with Crippen LogP contribution in [0.3, 0.4) is 0 Å². The molecule has 0 unspecified atom stereocenters. The second-order valence-electron chi connectivity index (χ2n) is 5.29. The van der Waals surface area contributed by atoms with Gasteiger partial charge in [0, 0.05) is 13.0 Å². The van der Waals surface area contributed by atoms with E-state index in [1.807, 2.05) is 6.20 Å². The van der Waals surface area contributed by atoms with Gasteiger partial charge in [0.1, 0.15) is 6.54 Å². The SMILES string of the molecule is CCCc1noc(Cn2cc(CNCC(C)C)nn2)n1. The Bertz CT molecular complexity index is 518. The smallest absolute Gasteiger partial charge is 0.248 e. The quantitative estimate of drug-likeness (QED) is 0.786. The van der Waals surface area contributed by atoms with Crippen molar-refractivity contribution in [2.45, 2.75) is 46.7 Å². The third kappa shape index (κ3) is 4.41. The highest BCUT2D eigenvalue weighted by molar-refractivity contribution is 4.94. The lowest BCUT2D eigenvalue weighted by molar-refractivity contribution is 0.359. The molecule has 2 rings (SSSR count). The number of rotatable bonds is 8. The number of hydrogen-bond acceptors (Lipinski definition) is 6. The van der Waals surface area contributed by atoms with Crippen LogP contribution < -0.4 is 5.32 Å². The molecule has 110 valence electrons. The lowest BCUT2D eigenvalue weighted by atomic mass is 10.2. The van der Waals surface area contributed by atoms with Crippen LogP contribution in [0.2, 0.25) is 0 Å². The fraction of sp³-hybridized carbons (Fsp3) is 0.692. The molecule has 0 aliphatic carbocycles. The molecule has 0 aliphatic rings. The fourth-order valence-corrected chi connectivity index (χ4v) is 1.80. The first kappa shape index (κ1) is 14.6. The minimum absolute atomic E-state index is 0.466. The molecule has 0 saturated carbocycles. The number of nitrogens with one attached hydrogen (secondary N) is 1. The zero-order chi connectivity index (χ0) is 14.4. The van der Waals surface area contributed by atoms with Gasteiger partial charge in [0.05, 0.1) is 11.9 Å². The largest absolute Gasteiger partial charge is 0.337 e. The van der Waals surface area contributed by atoms with Crippen molar-refractivity contribution in [2.75, 3.05) is 6.54 Å². The van der Waals surface area contributed by atoms with Crippen molar-refractivity contribution in [3.8, 4) is 0 Å². The summed E-state index contributed by atoms with van der Waals surface area (Å²) < 4.78 is 6.90. The Morgan fingerprint density at radius 2 is 2.25 bits per heavy atom. The van der Waals surface area contributed by atoms with Gasteiger partial charge >= 0.3 is 0 Å². The van der Waals surface area contributed by atoms with E-state index in [1.165, 1.54) is 0 Å². The van der Waals surface area contributed by atoms with Crippen LogP contribution in [0.15, 0.2) is 10.7 Å². The molecular formula is C13H22N6O. The minimum atomic E-state index is 0.466. The molecule has 0 atom stereocenters. The monoisotopic (exact) mass is 278 g/mol. The van der Waals surface area contributed by atoms with Crippen LogP contribution in [0.4, 0.5) is 0 Å². The fourth-order valence-electron chi connectivity index (χ4n) is 1.80. The standard InChI is InChI=1S/C13H22N6O/c1-4-5-12-15-13(20-17-12)9-19-8-11(16-18-19)7-14-6-10(2)3/h8,10,14H,4-7,9H2,1-3H3. The molecule has 0 saturated heterocycles. The van der Waals surface area contributed by atoms with Crippen molar-refractivity contribution >= 4 is 0 Å². The molecule has 0 radical (unpaired) electrons. The zero-order valence-electron chi connectivity index (χ0n) is 12.3. The van der Waals surface area contributed by atoms with Gasteiger partial charge in [-0.3, -0.25) is 0 Å². The van der Waals surface area contributed by atoms with E-state index in [2.05, 4.69) is 46.5 Å². The molecule has 7 nitrogen and oxygen atoms in total. The van der Waals surface area contributed by atoms with Crippen molar-refractivity contribution < 1.29 is 4.52 Å². The van der Waals surface area contributed by atoms with E-state index in [0.717, 1.165) is 37.4 Å². The highest BCUT2D eigenvalue weighted by atomic mass is 16.5. The molecule has 0 fully saturated rings. The van der Waals surface area contributed by atoms with Crippen LogP contribution in [-0.4, -0.2) is 31.7 Å². The molecule has 1 N–H and O–H groups in total. The van der Waals surface area contributed by atoms with Crippen LogP contribution in [0.25, 0.3) is 0 Å². The Hall–Kier alpha value is -1.76. The topological polar surface area (TPSA) is 81.7 Å². The average molecular weight is 278 g/mol. The first-order valence-corrected chi connectivity index (χ1v) is 7.08. The number of aromatic nitrogens is 5. The third-order valence-corrected chi connectivity index (χ3v) is 2.73. The van der Waals surface area contributed by atoms with E-state index >= 15 is 0 Å². The Balaban J connectivity index is 1.85. The number of hydrogen-bond donors (Lipinski definition) is 1. The summed E-state index contributed by atoms with van der Waals surface area (Å²) in [6.07, 6.45) is 3.75. The molecule has 2 aromatic rings. The zero-order valence-corrected chi connectivity index (χ0v) is 12.3. The maximum absolute atomic E-state index is 5.18. The van der Waals surface area contributed by atoms with Crippen LogP contribution in [0.1, 0.15) is 44.6 Å². The van der Waals surface area contributed by atoms with Crippen LogP contribution in [0, 0.1) is 5.92 Å². The average Bonchev–Trinajstić information content (AvgIpc) is 3.00. The van der Waals surface area contributed by atoms with E-state index in [1.54, 1.807) is 4.68 Å². The maximum Gasteiger partial charge on any atom is 0.248 e. The molecule has 0 aliphatic heterocycles. The molecule has 2 aromatic heterocycles. The van der Waals surface area contributed by atoms with Crippen molar-refractivity contribution in [3.63, 3.8) is 0 Å². The van der Waals surface area contributed by atoms with Gasteiger partial charge in [0.25, 0.3) is 0 Å². The van der Waals surface area contributed by atoms with E-state index < -0.39 is 0 Å². The highest BCUT2D eigenvalue weighted by Gasteiger charge is 2.08. The van der Waals surface area contributed by atoms with Crippen LogP contribution in [0.5, 0.6) is 0 Å². The summed E-state index contributed by atoms with van der Waals surface area (Å²) in [4.78, 5) is 4.31. The normalized spacial score (nSPS) is 11.4. The van der Waals surface area contributed by atoms with Gasteiger partial charge in [-0.1, -0.05) is 31.1 Å². The lowest BCUT2D eigenvalue weighted by Crippen LogP contribution is -2.19. The van der Waals surface area contributed by atoms with Gasteiger partial charge in [-0.2, -0.15) is 4.98 Å². The van der Waals surface area contributed by atoms with E-state index in [9.17, 15) is 0 Å². The summed E-state index contributed by atoms with van der Waals surface area (Å²) in [6.45, 7) is 8.60. The summed E-state index contributed by atoms with van der Waals surface area (Å²) in [7, 11) is 0. The number of nitrogens with zero attached hydrogens (tertiary/aromatic N) is 5. The van der Waals surface area contributed by atoms with E-state index in [0.29, 0.717) is 18.4 Å². The molecule has 0 amide bonds. The molecule has 7 heteroatoms. The second kappa shape index (κ2) is 7.14. The highest BCUT2D eigenvalue weighted by Crippen LogP contribution is 2.03. The third-order valence-electron chi connectivity index (χ3n) is 2.73. The van der Waals surface area contributed by atoms with Crippen molar-refractivity contribution in [3.05, 3.63) is 23.6 Å². The summed E-state index contributed by atoms with van der Waals surface area (Å²) in [5.74, 6) is 1.95. The van der Waals surface area contributed by atoms with Gasteiger partial charge in [0.2, 0.25) is 5.89 Å². The van der Waals surface area contributed by atoms with E-state index in [4.69, 9.17) is 4.52 Å². The van der Waals surface area contributed by atoms with Crippen LogP contribution >= 0.6 is 0 Å². The van der Waals surface area contributed by atoms with Gasteiger partial charge in [-0.05, 0) is 18.9 Å². The Kier molecular flexibility index (Phi) is 5.23. The van der Waals surface area contributed by atoms with Gasteiger partial charge < -0.3 is 9.84 Å². The van der Waals surface area contributed by atoms with Crippen LogP contribution in [-0.2, 0) is 19.5 Å². The minimum Gasteiger partial charge on any atom is -0.337 e. The van der Waals surface area contributed by atoms with Crippen molar-refractivity contribution in [1.29, 1.82) is 0 Å². The Morgan fingerprint density at radius 3 is 3.00 bits per heavy atom. The molecule has 0 bridgehead atoms. The predicted octanol–water partition coefficient (Wildman–Crippen LogP) is 1.41. The van der Waals surface area contributed by atoms with Crippen molar-refractivity contribution in [2.24, 2.45) is 5.92 Å². The second-order valence-corrected chi connectivity index (χ2v) is 5.29. The molecular weight excluding hydrogens is 256 g/mol. The predicted molar refractivity (Wildman–Crippen MR) is 74.0 cm³/mol. The first-order valence-electron chi connectivity index (χ1n) is 7.08. The Morgan fingerprint density at radius 1 is 1.40 bits per heavy atom. The molecule has 0 aromatic carbocycles. The molecule has 20 heavy (non-hydrogen) atoms. The van der Waals surface area contributed by atoms with Gasteiger partial charge in [-0.15, -0.1) is 5.10 Å². The van der Waals surface area contributed by atoms with Crippen molar-refractivity contribution in [1.82, 2.24) is 30.5 Å². The summed E-state index contributed by atoms with van der Waals surface area (Å²) >= 11 is 0. The molecule has 2 heterocycles. The lowest BCUT2D eigenvalue weighted by Gasteiger charge is -2.04. The summed E-state index contributed by atoms with van der Waals surface area (Å²) in [5, 5.41) is 15.4. The van der Waals surface area contributed by atoms with Gasteiger partial charge in [0.15, 0.2) is 5.82 Å². The molecule has 0 spiro atoms. The number of aryl methyl sites for hydroxylation is 1. The maximum atomic E-state index is 5.18. The first-order chi connectivity index (χ1) is 9.67. The Labute approximate surface area is 118 Å². The van der Waals surface area contributed by atoms with E-state index in [-0.39, 0.29) is 0 Å². The summed E-state index contributed by atoms with van der Waals surface area (Å²) in [6, 6.07) is 0. The summed E-state index contributed by atoms with van der Waals surface area (Å²) in [5.41, 5.74) is 0.916.